The Balaban J connectivity index is 1.61. The van der Waals surface area contributed by atoms with Crippen LogP contribution < -0.4 is 15.9 Å². The van der Waals surface area contributed by atoms with Gasteiger partial charge in [-0.3, -0.25) is 4.79 Å². The van der Waals surface area contributed by atoms with E-state index in [0.717, 1.165) is 11.3 Å². The van der Waals surface area contributed by atoms with E-state index in [4.69, 9.17) is 10.6 Å². The maximum absolute atomic E-state index is 12.2. The van der Waals surface area contributed by atoms with Gasteiger partial charge in [0.25, 0.3) is 0 Å². The van der Waals surface area contributed by atoms with Crippen LogP contribution in [0.3, 0.4) is 0 Å². The molecule has 0 saturated heterocycles. The smallest absolute Gasteiger partial charge is 0.234 e. The number of anilines is 1. The molecule has 0 atom stereocenters. The van der Waals surface area contributed by atoms with Gasteiger partial charge >= 0.3 is 0 Å². The molecule has 0 aliphatic carbocycles. The number of hydrogen-bond donors (Lipinski definition) is 2. The number of amides is 1. The fourth-order valence-electron chi connectivity index (χ4n) is 2.61. The van der Waals surface area contributed by atoms with E-state index in [2.05, 4.69) is 29.4 Å². The number of thioether (sulfide) groups is 1. The van der Waals surface area contributed by atoms with Crippen molar-refractivity contribution in [3.63, 3.8) is 0 Å². The Labute approximate surface area is 168 Å². The summed E-state index contributed by atoms with van der Waals surface area (Å²) in [5.41, 5.74) is 2.78. The zero-order valence-corrected chi connectivity index (χ0v) is 16.9. The van der Waals surface area contributed by atoms with Gasteiger partial charge in [-0.1, -0.05) is 49.9 Å². The van der Waals surface area contributed by atoms with Crippen molar-refractivity contribution in [1.82, 2.24) is 14.9 Å². The van der Waals surface area contributed by atoms with Gasteiger partial charge < -0.3 is 15.9 Å². The summed E-state index contributed by atoms with van der Waals surface area (Å²) in [7, 11) is 1.60. The van der Waals surface area contributed by atoms with Gasteiger partial charge in [0.15, 0.2) is 5.82 Å². The summed E-state index contributed by atoms with van der Waals surface area (Å²) in [6, 6.07) is 15.2. The number of carbonyl (C=O) groups excluding carboxylic acids is 1. The highest BCUT2D eigenvalue weighted by molar-refractivity contribution is 7.99. The van der Waals surface area contributed by atoms with Crippen molar-refractivity contribution < 1.29 is 9.53 Å². The molecule has 2 aromatic carbocycles. The average molecular weight is 398 g/mol. The summed E-state index contributed by atoms with van der Waals surface area (Å²) in [6.45, 7) is 4.26. The van der Waals surface area contributed by atoms with E-state index in [-0.39, 0.29) is 11.7 Å². The molecular formula is C20H23N5O2S. The fraction of sp³-hybridized carbons (Fsp3) is 0.250. The van der Waals surface area contributed by atoms with Crippen molar-refractivity contribution in [2.45, 2.75) is 24.9 Å². The van der Waals surface area contributed by atoms with Crippen molar-refractivity contribution in [1.29, 1.82) is 0 Å². The SMILES string of the molecule is COc1cccc(-c2nnc(SCC(=O)Nc3ccc(C(C)C)cc3)n2N)c1. The summed E-state index contributed by atoms with van der Waals surface area (Å²) >= 11 is 1.23. The Bertz CT molecular complexity index is 953. The molecule has 8 heteroatoms. The third-order valence-electron chi connectivity index (χ3n) is 4.19. The van der Waals surface area contributed by atoms with Crippen LogP contribution in [0.4, 0.5) is 5.69 Å². The first-order valence-electron chi connectivity index (χ1n) is 8.85. The van der Waals surface area contributed by atoms with E-state index in [1.54, 1.807) is 7.11 Å². The van der Waals surface area contributed by atoms with E-state index in [0.29, 0.717) is 22.6 Å². The highest BCUT2D eigenvalue weighted by Crippen LogP contribution is 2.25. The lowest BCUT2D eigenvalue weighted by Gasteiger charge is -2.08. The molecule has 3 aromatic rings. The molecule has 0 saturated carbocycles. The third kappa shape index (κ3) is 4.64. The molecule has 3 N–H and O–H groups in total. The Hall–Kier alpha value is -3.00. The summed E-state index contributed by atoms with van der Waals surface area (Å²) in [4.78, 5) is 12.2. The second-order valence-corrected chi connectivity index (χ2v) is 7.46. The van der Waals surface area contributed by atoms with Crippen molar-refractivity contribution in [2.24, 2.45) is 0 Å². The molecule has 0 unspecified atom stereocenters. The molecule has 1 aromatic heterocycles. The standard InChI is InChI=1S/C20H23N5O2S/c1-13(2)14-7-9-16(10-8-14)22-18(26)12-28-20-24-23-19(25(20)21)15-5-4-6-17(11-15)27-3/h4-11,13H,12,21H2,1-3H3,(H,22,26). The molecule has 3 rings (SSSR count). The van der Waals surface area contributed by atoms with Crippen LogP contribution in [0.1, 0.15) is 25.3 Å². The number of ether oxygens (including phenoxy) is 1. The summed E-state index contributed by atoms with van der Waals surface area (Å²) in [6.07, 6.45) is 0. The average Bonchev–Trinajstić information content (AvgIpc) is 3.07. The minimum absolute atomic E-state index is 0.131. The van der Waals surface area contributed by atoms with Gasteiger partial charge in [-0.25, -0.2) is 4.68 Å². The number of nitrogen functional groups attached to an aromatic ring is 1. The molecule has 0 aliphatic rings. The van der Waals surface area contributed by atoms with Crippen LogP contribution in [0.5, 0.6) is 5.75 Å². The van der Waals surface area contributed by atoms with Crippen LogP contribution in [-0.2, 0) is 4.79 Å². The number of nitrogens with one attached hydrogen (secondary N) is 1. The van der Waals surface area contributed by atoms with E-state index < -0.39 is 0 Å². The summed E-state index contributed by atoms with van der Waals surface area (Å²) < 4.78 is 6.60. The van der Waals surface area contributed by atoms with E-state index in [9.17, 15) is 4.79 Å². The molecule has 1 heterocycles. The molecule has 7 nitrogen and oxygen atoms in total. The Kier molecular flexibility index (Phi) is 6.20. The van der Waals surface area contributed by atoms with Crippen LogP contribution in [0, 0.1) is 0 Å². The molecule has 0 aliphatic heterocycles. The number of aromatic nitrogens is 3. The Morgan fingerprint density at radius 2 is 1.96 bits per heavy atom. The van der Waals surface area contributed by atoms with Crippen LogP contribution in [0.15, 0.2) is 53.7 Å². The predicted octanol–water partition coefficient (Wildman–Crippen LogP) is 3.52. The lowest BCUT2D eigenvalue weighted by molar-refractivity contribution is -0.113. The predicted molar refractivity (Wildman–Crippen MR) is 112 cm³/mol. The van der Waals surface area contributed by atoms with Crippen LogP contribution >= 0.6 is 11.8 Å². The highest BCUT2D eigenvalue weighted by atomic mass is 32.2. The lowest BCUT2D eigenvalue weighted by Crippen LogP contribution is -2.16. The fourth-order valence-corrected chi connectivity index (χ4v) is 3.27. The Morgan fingerprint density at radius 1 is 1.21 bits per heavy atom. The quantitative estimate of drug-likeness (QED) is 0.468. The van der Waals surface area contributed by atoms with Crippen molar-refractivity contribution >= 4 is 23.4 Å². The van der Waals surface area contributed by atoms with Gasteiger partial charge in [0.1, 0.15) is 5.75 Å². The monoisotopic (exact) mass is 397 g/mol. The molecule has 0 fully saturated rings. The summed E-state index contributed by atoms with van der Waals surface area (Å²) in [5, 5.41) is 11.6. The zero-order valence-electron chi connectivity index (χ0n) is 16.0. The molecule has 28 heavy (non-hydrogen) atoms. The number of hydrogen-bond acceptors (Lipinski definition) is 6. The number of nitrogens with two attached hydrogens (primary N) is 1. The second-order valence-electron chi connectivity index (χ2n) is 6.52. The van der Waals surface area contributed by atoms with E-state index in [1.165, 1.54) is 22.0 Å². The number of benzene rings is 2. The zero-order chi connectivity index (χ0) is 20.1. The molecule has 1 amide bonds. The molecule has 146 valence electrons. The van der Waals surface area contributed by atoms with E-state index >= 15 is 0 Å². The first-order valence-corrected chi connectivity index (χ1v) is 9.84. The number of carbonyl (C=O) groups is 1. The molecule has 0 bridgehead atoms. The topological polar surface area (TPSA) is 95.1 Å². The normalized spacial score (nSPS) is 10.9. The number of methoxy groups -OCH3 is 1. The van der Waals surface area contributed by atoms with E-state index in [1.807, 2.05) is 48.5 Å². The van der Waals surface area contributed by atoms with Gasteiger partial charge in [0.2, 0.25) is 11.1 Å². The minimum Gasteiger partial charge on any atom is -0.497 e. The van der Waals surface area contributed by atoms with Crippen LogP contribution in [-0.4, -0.2) is 33.6 Å². The molecular weight excluding hydrogens is 374 g/mol. The maximum Gasteiger partial charge on any atom is 0.234 e. The minimum atomic E-state index is -0.131. The van der Waals surface area contributed by atoms with Gasteiger partial charge in [0.05, 0.1) is 12.9 Å². The molecule has 0 radical (unpaired) electrons. The van der Waals surface area contributed by atoms with Gasteiger partial charge in [-0.15, -0.1) is 10.2 Å². The molecule has 0 spiro atoms. The van der Waals surface area contributed by atoms with Crippen molar-refractivity contribution in [3.8, 4) is 17.1 Å². The Morgan fingerprint density at radius 3 is 2.64 bits per heavy atom. The van der Waals surface area contributed by atoms with Crippen LogP contribution in [0.2, 0.25) is 0 Å². The lowest BCUT2D eigenvalue weighted by atomic mass is 10.0. The van der Waals surface area contributed by atoms with Gasteiger partial charge in [-0.05, 0) is 35.7 Å². The third-order valence-corrected chi connectivity index (χ3v) is 5.13. The van der Waals surface area contributed by atoms with Crippen LogP contribution in [0.25, 0.3) is 11.4 Å². The van der Waals surface area contributed by atoms with Gasteiger partial charge in [0, 0.05) is 11.3 Å². The number of nitrogens with zero attached hydrogens (tertiary/aromatic N) is 3. The first-order chi connectivity index (χ1) is 13.5. The number of rotatable bonds is 7. The van der Waals surface area contributed by atoms with Crippen molar-refractivity contribution in [2.75, 3.05) is 24.0 Å². The second kappa shape index (κ2) is 8.79. The van der Waals surface area contributed by atoms with Gasteiger partial charge in [-0.2, -0.15) is 0 Å². The first kappa shape index (κ1) is 19.8. The highest BCUT2D eigenvalue weighted by Gasteiger charge is 2.14. The van der Waals surface area contributed by atoms with Crippen molar-refractivity contribution in [3.05, 3.63) is 54.1 Å². The summed E-state index contributed by atoms with van der Waals surface area (Å²) in [5.74, 6) is 7.82. The maximum atomic E-state index is 12.2. The largest absolute Gasteiger partial charge is 0.497 e.